The predicted molar refractivity (Wildman–Crippen MR) is 81.7 cm³/mol. The molecule has 0 amide bonds. The Morgan fingerprint density at radius 3 is 2.62 bits per heavy atom. The van der Waals surface area contributed by atoms with Gasteiger partial charge in [0, 0.05) is 15.8 Å². The van der Waals surface area contributed by atoms with E-state index in [1.54, 1.807) is 11.8 Å². The highest BCUT2D eigenvalue weighted by molar-refractivity contribution is 9.10. The maximum atomic E-state index is 14.1. The first-order chi connectivity index (χ1) is 9.71. The lowest BCUT2D eigenvalue weighted by atomic mass is 10.2. The van der Waals surface area contributed by atoms with Crippen LogP contribution in [0.2, 0.25) is 0 Å². The summed E-state index contributed by atoms with van der Waals surface area (Å²) in [6.45, 7) is 0.199. The summed E-state index contributed by atoms with van der Waals surface area (Å²) in [7, 11) is -4.10. The van der Waals surface area contributed by atoms with Crippen molar-refractivity contribution in [1.29, 1.82) is 0 Å². The van der Waals surface area contributed by atoms with E-state index >= 15 is 0 Å². The number of thioether (sulfide) groups is 1. The predicted octanol–water partition coefficient (Wildman–Crippen LogP) is 2.46. The van der Waals surface area contributed by atoms with Gasteiger partial charge in [-0.1, -0.05) is 15.9 Å². The van der Waals surface area contributed by atoms with Crippen molar-refractivity contribution in [3.63, 3.8) is 0 Å². The van der Waals surface area contributed by atoms with E-state index in [0.717, 1.165) is 25.0 Å². The molecule has 1 fully saturated rings. The Hall–Kier alpha value is -0.640. The molecular weight excluding hydrogens is 385 g/mol. The van der Waals surface area contributed by atoms with Gasteiger partial charge in [0.15, 0.2) is 5.82 Å². The fourth-order valence-corrected chi connectivity index (χ4v) is 4.49. The maximum absolute atomic E-state index is 14.1. The molecule has 1 aromatic rings. The van der Waals surface area contributed by atoms with Gasteiger partial charge in [0.05, 0.1) is 5.56 Å². The normalized spacial score (nSPS) is 16.7. The van der Waals surface area contributed by atoms with Crippen molar-refractivity contribution in [3.8, 4) is 0 Å². The number of aromatic carboxylic acids is 1. The molecule has 1 aliphatic carbocycles. The molecular formula is C12H13BrFNO4S2. The summed E-state index contributed by atoms with van der Waals surface area (Å²) in [5.74, 6) is -2.78. The fraction of sp³-hybridized carbons (Fsp3) is 0.417. The second-order valence-electron chi connectivity index (χ2n) is 4.78. The lowest BCUT2D eigenvalue weighted by Crippen LogP contribution is -2.32. The van der Waals surface area contributed by atoms with E-state index in [9.17, 15) is 17.6 Å². The number of carboxylic acid groups (broad SMARTS) is 1. The number of hydrogen-bond acceptors (Lipinski definition) is 4. The van der Waals surface area contributed by atoms with E-state index in [2.05, 4.69) is 20.7 Å². The van der Waals surface area contributed by atoms with E-state index < -0.39 is 32.3 Å². The molecule has 9 heteroatoms. The Morgan fingerprint density at radius 2 is 2.14 bits per heavy atom. The first-order valence-electron chi connectivity index (χ1n) is 5.98. The molecule has 0 saturated heterocycles. The second-order valence-corrected chi connectivity index (χ2v) is 8.71. The van der Waals surface area contributed by atoms with Crippen LogP contribution in [-0.4, -0.2) is 37.0 Å². The average molecular weight is 398 g/mol. The Labute approximate surface area is 134 Å². The molecule has 0 atom stereocenters. The van der Waals surface area contributed by atoms with Crippen molar-refractivity contribution in [2.75, 3.05) is 12.8 Å². The van der Waals surface area contributed by atoms with Crippen molar-refractivity contribution in [2.45, 2.75) is 22.5 Å². The molecule has 0 unspecified atom stereocenters. The zero-order valence-electron chi connectivity index (χ0n) is 11.0. The first-order valence-corrected chi connectivity index (χ1v) is 9.48. The molecule has 5 nitrogen and oxygen atoms in total. The number of benzene rings is 1. The van der Waals surface area contributed by atoms with E-state index in [4.69, 9.17) is 5.11 Å². The highest BCUT2D eigenvalue weighted by Gasteiger charge is 2.42. The lowest BCUT2D eigenvalue weighted by molar-refractivity contribution is 0.0691. The Morgan fingerprint density at radius 1 is 1.52 bits per heavy atom. The minimum absolute atomic E-state index is 0.120. The zero-order valence-corrected chi connectivity index (χ0v) is 14.2. The van der Waals surface area contributed by atoms with Crippen LogP contribution in [0.3, 0.4) is 0 Å². The van der Waals surface area contributed by atoms with Crippen molar-refractivity contribution in [1.82, 2.24) is 4.72 Å². The standard InChI is InChI=1S/C12H13BrFNO4S2/c1-20-12(2-3-12)6-15-21(18,19)9-5-7(13)4-8(10(9)14)11(16)17/h4-5,15H,2-3,6H2,1H3,(H,16,17). The summed E-state index contributed by atoms with van der Waals surface area (Å²) in [6, 6.07) is 2.09. The molecule has 0 heterocycles. The van der Waals surface area contributed by atoms with Crippen LogP contribution in [0.25, 0.3) is 0 Å². The first kappa shape index (κ1) is 16.7. The van der Waals surface area contributed by atoms with Crippen LogP contribution in [0.15, 0.2) is 21.5 Å². The summed E-state index contributed by atoms with van der Waals surface area (Å²) >= 11 is 4.56. The third-order valence-electron chi connectivity index (χ3n) is 3.35. The van der Waals surface area contributed by atoms with E-state index in [0.29, 0.717) is 0 Å². The topological polar surface area (TPSA) is 83.5 Å². The van der Waals surface area contributed by atoms with Gasteiger partial charge in [-0.05, 0) is 31.2 Å². The fourth-order valence-electron chi connectivity index (χ4n) is 1.81. The van der Waals surface area contributed by atoms with E-state index in [1.165, 1.54) is 0 Å². The molecule has 2 rings (SSSR count). The van der Waals surface area contributed by atoms with Gasteiger partial charge in [0.1, 0.15) is 4.90 Å². The Kier molecular flexibility index (Phi) is 4.67. The summed E-state index contributed by atoms with van der Waals surface area (Å²) in [4.78, 5) is 10.3. The summed E-state index contributed by atoms with van der Waals surface area (Å²) in [5.41, 5.74) is -0.684. The highest BCUT2D eigenvalue weighted by atomic mass is 79.9. The molecule has 1 saturated carbocycles. The monoisotopic (exact) mass is 397 g/mol. The molecule has 0 aromatic heterocycles. The van der Waals surface area contributed by atoms with Crippen LogP contribution in [-0.2, 0) is 10.0 Å². The van der Waals surface area contributed by atoms with Gasteiger partial charge < -0.3 is 5.11 Å². The van der Waals surface area contributed by atoms with Gasteiger partial charge in [0.25, 0.3) is 0 Å². The summed E-state index contributed by atoms with van der Waals surface area (Å²) < 4.78 is 40.9. The van der Waals surface area contributed by atoms with Gasteiger partial charge >= 0.3 is 5.97 Å². The number of carbonyl (C=O) groups is 1. The molecule has 0 aliphatic heterocycles. The minimum Gasteiger partial charge on any atom is -0.478 e. The van der Waals surface area contributed by atoms with E-state index in [1.807, 2.05) is 6.26 Å². The van der Waals surface area contributed by atoms with Crippen molar-refractivity contribution < 1.29 is 22.7 Å². The molecule has 2 N–H and O–H groups in total. The molecule has 116 valence electrons. The average Bonchev–Trinajstić information content (AvgIpc) is 3.19. The molecule has 21 heavy (non-hydrogen) atoms. The SMILES string of the molecule is CSC1(CNS(=O)(=O)c2cc(Br)cc(C(=O)O)c2F)CC1. The number of halogens is 2. The smallest absolute Gasteiger partial charge is 0.338 e. The summed E-state index contributed by atoms with van der Waals surface area (Å²) in [6.07, 6.45) is 3.69. The summed E-state index contributed by atoms with van der Waals surface area (Å²) in [5, 5.41) is 8.91. The zero-order chi connectivity index (χ0) is 15.8. The number of sulfonamides is 1. The van der Waals surface area contributed by atoms with Gasteiger partial charge in [0.2, 0.25) is 10.0 Å². The van der Waals surface area contributed by atoms with Crippen LogP contribution in [0.5, 0.6) is 0 Å². The molecule has 1 aliphatic rings. The van der Waals surface area contributed by atoms with Gasteiger partial charge in [-0.15, -0.1) is 0 Å². The second kappa shape index (κ2) is 5.86. The van der Waals surface area contributed by atoms with E-state index in [-0.39, 0.29) is 15.8 Å². The number of carboxylic acids is 1. The quantitative estimate of drug-likeness (QED) is 0.769. The molecule has 1 aromatic carbocycles. The maximum Gasteiger partial charge on any atom is 0.338 e. The van der Waals surface area contributed by atoms with Crippen LogP contribution in [0.4, 0.5) is 4.39 Å². The molecule has 0 bridgehead atoms. The number of rotatable bonds is 6. The van der Waals surface area contributed by atoms with Gasteiger partial charge in [-0.25, -0.2) is 22.3 Å². The van der Waals surface area contributed by atoms with Crippen molar-refractivity contribution >= 4 is 43.7 Å². The number of nitrogens with one attached hydrogen (secondary N) is 1. The van der Waals surface area contributed by atoms with Crippen LogP contribution in [0.1, 0.15) is 23.2 Å². The lowest BCUT2D eigenvalue weighted by Gasteiger charge is -2.14. The van der Waals surface area contributed by atoms with Crippen molar-refractivity contribution in [3.05, 3.63) is 28.0 Å². The van der Waals surface area contributed by atoms with Crippen LogP contribution in [0, 0.1) is 5.82 Å². The molecule has 0 radical (unpaired) electrons. The van der Waals surface area contributed by atoms with Crippen molar-refractivity contribution in [2.24, 2.45) is 0 Å². The third kappa shape index (κ3) is 3.58. The van der Waals surface area contributed by atoms with Crippen LogP contribution >= 0.6 is 27.7 Å². The largest absolute Gasteiger partial charge is 0.478 e. The Bertz CT molecular complexity index is 689. The van der Waals surface area contributed by atoms with Gasteiger partial charge in [-0.3, -0.25) is 0 Å². The Balaban J connectivity index is 2.33. The molecule has 0 spiro atoms. The van der Waals surface area contributed by atoms with Crippen LogP contribution < -0.4 is 4.72 Å². The number of hydrogen-bond donors (Lipinski definition) is 2. The minimum atomic E-state index is -4.10. The van der Waals surface area contributed by atoms with Gasteiger partial charge in [-0.2, -0.15) is 11.8 Å². The highest BCUT2D eigenvalue weighted by Crippen LogP contribution is 2.46. The third-order valence-corrected chi connectivity index (χ3v) is 6.63.